The van der Waals surface area contributed by atoms with Crippen LogP contribution in [0, 0.1) is 0 Å². The van der Waals surface area contributed by atoms with E-state index < -0.39 is 5.91 Å². The van der Waals surface area contributed by atoms with Crippen molar-refractivity contribution >= 4 is 11.9 Å². The summed E-state index contributed by atoms with van der Waals surface area (Å²) in [5, 5.41) is 19.4. The molecule has 0 radical (unpaired) electrons. The molecule has 3 heterocycles. The maximum atomic E-state index is 12.9. The first kappa shape index (κ1) is 16.3. The van der Waals surface area contributed by atoms with Gasteiger partial charge in [0.25, 0.3) is 5.91 Å². The minimum atomic E-state index is -0.459. The van der Waals surface area contributed by atoms with E-state index in [1.54, 1.807) is 12.3 Å². The molecule has 0 aliphatic carbocycles. The number of rotatable bonds is 4. The minimum Gasteiger partial charge on any atom is -0.507 e. The van der Waals surface area contributed by atoms with Gasteiger partial charge in [0, 0.05) is 30.9 Å². The predicted octanol–water partition coefficient (Wildman–Crippen LogP) is 0.191. The van der Waals surface area contributed by atoms with Gasteiger partial charge in [0.15, 0.2) is 5.96 Å². The zero-order chi connectivity index (χ0) is 18.1. The first-order valence-electron chi connectivity index (χ1n) is 8.22. The van der Waals surface area contributed by atoms with E-state index >= 15 is 0 Å². The Bertz CT molecular complexity index is 894. The lowest BCUT2D eigenvalue weighted by molar-refractivity contribution is 0.0974. The van der Waals surface area contributed by atoms with Gasteiger partial charge in [-0.05, 0) is 11.6 Å². The van der Waals surface area contributed by atoms with E-state index in [-0.39, 0.29) is 17.4 Å². The lowest BCUT2D eigenvalue weighted by Gasteiger charge is -2.17. The molecule has 2 aliphatic rings. The average molecular weight is 354 g/mol. The number of guanidine groups is 1. The summed E-state index contributed by atoms with van der Waals surface area (Å²) >= 11 is 0. The van der Waals surface area contributed by atoms with E-state index in [9.17, 15) is 9.90 Å². The number of phenolic OH excluding ortho intramolecular Hbond substituents is 1. The summed E-state index contributed by atoms with van der Waals surface area (Å²) in [5.74, 6) is 0.134. The van der Waals surface area contributed by atoms with Crippen molar-refractivity contribution in [3.63, 3.8) is 0 Å². The Kier molecular flexibility index (Phi) is 4.13. The molecule has 9 heteroatoms. The van der Waals surface area contributed by atoms with Gasteiger partial charge in [-0.3, -0.25) is 15.1 Å². The average Bonchev–Trinajstić information content (AvgIpc) is 3.38. The number of phenols is 1. The summed E-state index contributed by atoms with van der Waals surface area (Å²) in [6, 6.07) is 3.42. The van der Waals surface area contributed by atoms with Crippen molar-refractivity contribution < 1.29 is 14.6 Å². The van der Waals surface area contributed by atoms with Crippen LogP contribution in [0.2, 0.25) is 0 Å². The van der Waals surface area contributed by atoms with Crippen LogP contribution in [0.3, 0.4) is 0 Å². The van der Waals surface area contributed by atoms with Gasteiger partial charge in [-0.2, -0.15) is 0 Å². The fourth-order valence-corrected chi connectivity index (χ4v) is 3.00. The van der Waals surface area contributed by atoms with Crippen LogP contribution in [0.15, 0.2) is 29.6 Å². The van der Waals surface area contributed by atoms with Gasteiger partial charge in [-0.25, -0.2) is 9.97 Å². The molecule has 4 rings (SSSR count). The highest BCUT2D eigenvalue weighted by Gasteiger charge is 2.32. The van der Waals surface area contributed by atoms with E-state index in [0.29, 0.717) is 36.1 Å². The Hall–Kier alpha value is -3.20. The summed E-state index contributed by atoms with van der Waals surface area (Å²) in [5.41, 5.74) is 2.11. The number of hydrogen-bond donors (Lipinski definition) is 4. The number of aliphatic imine (C=N–C) groups is 1. The number of benzene rings is 1. The number of ether oxygens (including phenoxy) is 1. The molecule has 1 aromatic carbocycles. The summed E-state index contributed by atoms with van der Waals surface area (Å²) in [6.45, 7) is 2.06. The van der Waals surface area contributed by atoms with Crippen LogP contribution in [0.5, 0.6) is 11.6 Å². The van der Waals surface area contributed by atoms with Gasteiger partial charge < -0.3 is 20.5 Å². The number of carbonyl (C=O) groups is 1. The van der Waals surface area contributed by atoms with E-state index in [2.05, 4.69) is 30.9 Å². The van der Waals surface area contributed by atoms with Crippen molar-refractivity contribution in [2.75, 3.05) is 26.7 Å². The van der Waals surface area contributed by atoms with Crippen LogP contribution in [0.4, 0.5) is 0 Å². The molecule has 1 fully saturated rings. The molecule has 0 spiro atoms. The highest BCUT2D eigenvalue weighted by molar-refractivity contribution is 6.11. The van der Waals surface area contributed by atoms with Crippen molar-refractivity contribution in [3.05, 3.63) is 35.8 Å². The van der Waals surface area contributed by atoms with E-state index in [0.717, 1.165) is 12.1 Å². The Balaban J connectivity index is 1.87. The van der Waals surface area contributed by atoms with Crippen LogP contribution in [-0.2, 0) is 0 Å². The number of amides is 1. The number of hydrogen-bond acceptors (Lipinski definition) is 8. The molecule has 0 saturated carbocycles. The molecule has 134 valence electrons. The molecule has 0 unspecified atom stereocenters. The second-order valence-electron chi connectivity index (χ2n) is 5.94. The highest BCUT2D eigenvalue weighted by atomic mass is 16.5. The monoisotopic (exact) mass is 354 g/mol. The van der Waals surface area contributed by atoms with Crippen molar-refractivity contribution in [2.24, 2.45) is 4.99 Å². The smallest absolute Gasteiger partial charge is 0.262 e. The van der Waals surface area contributed by atoms with Crippen molar-refractivity contribution in [3.8, 4) is 22.8 Å². The van der Waals surface area contributed by atoms with Crippen LogP contribution < -0.4 is 20.7 Å². The molecule has 0 bridgehead atoms. The molecule has 4 N–H and O–H groups in total. The Morgan fingerprint density at radius 2 is 2.27 bits per heavy atom. The van der Waals surface area contributed by atoms with Gasteiger partial charge >= 0.3 is 0 Å². The van der Waals surface area contributed by atoms with Gasteiger partial charge in [0.05, 0.1) is 24.8 Å². The third-order valence-corrected chi connectivity index (χ3v) is 4.27. The fourth-order valence-electron chi connectivity index (χ4n) is 3.00. The van der Waals surface area contributed by atoms with Gasteiger partial charge in [0.2, 0.25) is 5.88 Å². The zero-order valence-corrected chi connectivity index (χ0v) is 14.1. The molecular weight excluding hydrogens is 336 g/mol. The Morgan fingerprint density at radius 1 is 1.42 bits per heavy atom. The quantitative estimate of drug-likeness (QED) is 0.577. The minimum absolute atomic E-state index is 0.101. The van der Waals surface area contributed by atoms with Crippen LogP contribution in [0.1, 0.15) is 22.0 Å². The van der Waals surface area contributed by atoms with Crippen molar-refractivity contribution in [1.82, 2.24) is 25.9 Å². The predicted molar refractivity (Wildman–Crippen MR) is 94.2 cm³/mol. The number of methoxy groups -OCH3 is 1. The molecular formula is C17H18N6O3. The van der Waals surface area contributed by atoms with Crippen LogP contribution in [0.25, 0.3) is 11.1 Å². The molecule has 2 aromatic rings. The lowest BCUT2D eigenvalue weighted by atomic mass is 9.92. The Morgan fingerprint density at radius 3 is 2.96 bits per heavy atom. The number of aromatic hydroxyl groups is 1. The molecule has 9 nitrogen and oxygen atoms in total. The van der Waals surface area contributed by atoms with Crippen molar-refractivity contribution in [2.45, 2.75) is 6.04 Å². The second kappa shape index (κ2) is 6.60. The van der Waals surface area contributed by atoms with Gasteiger partial charge in [-0.15, -0.1) is 0 Å². The second-order valence-corrected chi connectivity index (χ2v) is 5.94. The van der Waals surface area contributed by atoms with Crippen LogP contribution in [-0.4, -0.2) is 53.7 Å². The maximum absolute atomic E-state index is 12.9. The van der Waals surface area contributed by atoms with Gasteiger partial charge in [-0.1, -0.05) is 6.07 Å². The zero-order valence-electron chi connectivity index (χ0n) is 14.1. The number of nitrogens with zero attached hydrogens (tertiary/aromatic N) is 3. The largest absolute Gasteiger partial charge is 0.507 e. The van der Waals surface area contributed by atoms with Crippen molar-refractivity contribution in [1.29, 1.82) is 0 Å². The van der Waals surface area contributed by atoms with E-state index in [4.69, 9.17) is 4.74 Å². The standard InChI is InChI=1S/C17H18N6O3/c1-26-16-10(6-18-8-22-16)13-9(11-7-21-11)2-3-12(24)14(13)15(25)23-17-19-4-5-20-17/h2-3,6,8,11,21,24H,4-5,7H2,1H3,(H2,19,20,23,25)/t11-/m0/s1. The molecule has 1 aromatic heterocycles. The Labute approximate surface area is 149 Å². The number of aromatic nitrogens is 2. The SMILES string of the molecule is COc1ncncc1-c1c([C@@H]2CN2)ccc(O)c1C(=O)NC1=NCCN1. The molecule has 1 atom stereocenters. The van der Waals surface area contributed by atoms with E-state index in [1.165, 1.54) is 19.5 Å². The normalized spacial score (nSPS) is 18.0. The summed E-state index contributed by atoms with van der Waals surface area (Å²) in [4.78, 5) is 25.3. The molecule has 2 aliphatic heterocycles. The lowest BCUT2D eigenvalue weighted by Crippen LogP contribution is -2.38. The summed E-state index contributed by atoms with van der Waals surface area (Å²) in [6.07, 6.45) is 2.95. The summed E-state index contributed by atoms with van der Waals surface area (Å²) in [7, 11) is 1.50. The first-order valence-corrected chi connectivity index (χ1v) is 8.22. The molecule has 1 amide bonds. The molecule has 1 saturated heterocycles. The first-order chi connectivity index (χ1) is 12.7. The number of nitrogens with one attached hydrogen (secondary N) is 3. The third kappa shape index (κ3) is 2.93. The number of carbonyl (C=O) groups excluding carboxylic acids is 1. The summed E-state index contributed by atoms with van der Waals surface area (Å²) < 4.78 is 5.34. The highest BCUT2D eigenvalue weighted by Crippen LogP contribution is 2.41. The topological polar surface area (TPSA) is 131 Å². The van der Waals surface area contributed by atoms with Crippen LogP contribution >= 0.6 is 0 Å². The fraction of sp³-hybridized carbons (Fsp3) is 0.294. The maximum Gasteiger partial charge on any atom is 0.262 e. The third-order valence-electron chi connectivity index (χ3n) is 4.27. The van der Waals surface area contributed by atoms with E-state index in [1.807, 2.05) is 0 Å². The van der Waals surface area contributed by atoms with Gasteiger partial charge in [0.1, 0.15) is 12.1 Å². The molecule has 26 heavy (non-hydrogen) atoms.